The molecule has 6 heteroatoms. The Hall–Kier alpha value is -1.69. The molecule has 1 aliphatic carbocycles. The third-order valence-electron chi connectivity index (χ3n) is 6.50. The van der Waals surface area contributed by atoms with E-state index in [0.717, 1.165) is 64.0 Å². The Morgan fingerprint density at radius 3 is 2.73 bits per heavy atom. The van der Waals surface area contributed by atoms with Gasteiger partial charge >= 0.3 is 0 Å². The molecule has 3 heterocycles. The molecular weight excluding hydrogens is 328 g/mol. The minimum atomic E-state index is -0.375. The van der Waals surface area contributed by atoms with Crippen LogP contribution in [0.1, 0.15) is 68.6 Å². The summed E-state index contributed by atoms with van der Waals surface area (Å²) < 4.78 is 2.06. The van der Waals surface area contributed by atoms with Gasteiger partial charge in [0, 0.05) is 43.2 Å². The second-order valence-corrected chi connectivity index (χ2v) is 8.80. The van der Waals surface area contributed by atoms with Crippen LogP contribution in [-0.2, 0) is 13.0 Å². The van der Waals surface area contributed by atoms with Crippen molar-refractivity contribution in [2.75, 3.05) is 13.1 Å². The first kappa shape index (κ1) is 17.7. The predicted octanol–water partition coefficient (Wildman–Crippen LogP) is 1.96. The SMILES string of the molecule is CC(C)N1CCC2(Cc3nc(=O)c(C(=O)NC4CCCCC4)cn3C2)C1. The van der Waals surface area contributed by atoms with Crippen LogP contribution < -0.4 is 10.9 Å². The Labute approximate surface area is 155 Å². The van der Waals surface area contributed by atoms with Gasteiger partial charge in [0.25, 0.3) is 11.5 Å². The highest BCUT2D eigenvalue weighted by Crippen LogP contribution is 2.40. The smallest absolute Gasteiger partial charge is 0.285 e. The van der Waals surface area contributed by atoms with Crippen LogP contribution in [0.2, 0.25) is 0 Å². The van der Waals surface area contributed by atoms with E-state index in [4.69, 9.17) is 0 Å². The number of carbonyl (C=O) groups excluding carboxylic acids is 1. The maximum Gasteiger partial charge on any atom is 0.285 e. The second-order valence-electron chi connectivity index (χ2n) is 8.80. The molecule has 142 valence electrons. The van der Waals surface area contributed by atoms with Gasteiger partial charge in [-0.2, -0.15) is 4.98 Å². The van der Waals surface area contributed by atoms with Gasteiger partial charge in [0.15, 0.2) is 0 Å². The Balaban J connectivity index is 1.50. The third kappa shape index (κ3) is 3.31. The molecule has 4 rings (SSSR count). The molecule has 26 heavy (non-hydrogen) atoms. The van der Waals surface area contributed by atoms with Crippen LogP contribution in [0.25, 0.3) is 0 Å². The normalized spacial score (nSPS) is 26.6. The van der Waals surface area contributed by atoms with E-state index in [0.29, 0.717) is 6.04 Å². The molecule has 1 unspecified atom stereocenters. The predicted molar refractivity (Wildman–Crippen MR) is 100 cm³/mol. The molecule has 1 atom stereocenters. The van der Waals surface area contributed by atoms with E-state index in [1.54, 1.807) is 6.20 Å². The first-order valence-corrected chi connectivity index (χ1v) is 10.1. The summed E-state index contributed by atoms with van der Waals surface area (Å²) in [5.41, 5.74) is 0.00485. The molecule has 1 amide bonds. The van der Waals surface area contributed by atoms with Crippen molar-refractivity contribution < 1.29 is 4.79 Å². The van der Waals surface area contributed by atoms with Gasteiger partial charge in [-0.3, -0.25) is 9.59 Å². The molecule has 2 aliphatic heterocycles. The van der Waals surface area contributed by atoms with Gasteiger partial charge in [-0.25, -0.2) is 0 Å². The van der Waals surface area contributed by atoms with Crippen LogP contribution in [0, 0.1) is 5.41 Å². The topological polar surface area (TPSA) is 67.2 Å². The number of hydrogen-bond donors (Lipinski definition) is 1. The number of nitrogens with one attached hydrogen (secondary N) is 1. The lowest BCUT2D eigenvalue weighted by molar-refractivity contribution is 0.0925. The molecular formula is C20H30N4O2. The number of nitrogens with zero attached hydrogens (tertiary/aromatic N) is 3. The van der Waals surface area contributed by atoms with E-state index in [1.807, 2.05) is 0 Å². The number of rotatable bonds is 3. The van der Waals surface area contributed by atoms with Crippen molar-refractivity contribution in [2.24, 2.45) is 5.41 Å². The standard InChI is InChI=1S/C20H30N4O2/c1-14(2)23-9-8-20(12-23)10-17-22-19(26)16(11-24(17)13-20)18(25)21-15-6-4-3-5-7-15/h11,14-15H,3-10,12-13H2,1-2H3,(H,21,25). The molecule has 0 radical (unpaired) electrons. The summed E-state index contributed by atoms with van der Waals surface area (Å²) in [6.45, 7) is 7.48. The van der Waals surface area contributed by atoms with Crippen LogP contribution in [0.3, 0.4) is 0 Å². The maximum atomic E-state index is 12.6. The lowest BCUT2D eigenvalue weighted by Gasteiger charge is -2.25. The van der Waals surface area contributed by atoms with E-state index in [2.05, 4.69) is 33.6 Å². The molecule has 1 aromatic heterocycles. The molecule has 3 aliphatic rings. The van der Waals surface area contributed by atoms with Crippen LogP contribution >= 0.6 is 0 Å². The van der Waals surface area contributed by atoms with E-state index in [-0.39, 0.29) is 28.5 Å². The van der Waals surface area contributed by atoms with Gasteiger partial charge in [-0.05, 0) is 39.7 Å². The summed E-state index contributed by atoms with van der Waals surface area (Å²) >= 11 is 0. The average molecular weight is 358 g/mol. The van der Waals surface area contributed by atoms with Gasteiger partial charge in [0.05, 0.1) is 0 Å². The van der Waals surface area contributed by atoms with Crippen LogP contribution in [0.15, 0.2) is 11.0 Å². The molecule has 1 saturated heterocycles. The fourth-order valence-electron chi connectivity index (χ4n) is 4.91. The number of carbonyl (C=O) groups is 1. The summed E-state index contributed by atoms with van der Waals surface area (Å²) in [5, 5.41) is 3.05. The zero-order valence-electron chi connectivity index (χ0n) is 16.0. The molecule has 1 spiro atoms. The van der Waals surface area contributed by atoms with E-state index in [9.17, 15) is 9.59 Å². The number of amides is 1. The highest BCUT2D eigenvalue weighted by atomic mass is 16.2. The average Bonchev–Trinajstić information content (AvgIpc) is 3.18. The Morgan fingerprint density at radius 2 is 2.04 bits per heavy atom. The third-order valence-corrected chi connectivity index (χ3v) is 6.50. The quantitative estimate of drug-likeness (QED) is 0.897. The van der Waals surface area contributed by atoms with Crippen LogP contribution in [0.4, 0.5) is 0 Å². The summed E-state index contributed by atoms with van der Waals surface area (Å²) in [7, 11) is 0. The summed E-state index contributed by atoms with van der Waals surface area (Å²) in [5.74, 6) is 0.593. The number of aromatic nitrogens is 2. The Morgan fingerprint density at radius 1 is 1.27 bits per heavy atom. The highest BCUT2D eigenvalue weighted by Gasteiger charge is 2.44. The Bertz CT molecular complexity index is 751. The van der Waals surface area contributed by atoms with Crippen LogP contribution in [-0.4, -0.2) is 45.5 Å². The zero-order valence-corrected chi connectivity index (χ0v) is 16.0. The molecule has 6 nitrogen and oxygen atoms in total. The minimum Gasteiger partial charge on any atom is -0.349 e. The van der Waals surface area contributed by atoms with Gasteiger partial charge in [-0.1, -0.05) is 19.3 Å². The molecule has 1 saturated carbocycles. The lowest BCUT2D eigenvalue weighted by atomic mass is 9.86. The summed E-state index contributed by atoms with van der Waals surface area (Å²) in [6, 6.07) is 0.748. The first-order chi connectivity index (χ1) is 12.5. The van der Waals surface area contributed by atoms with E-state index < -0.39 is 0 Å². The van der Waals surface area contributed by atoms with Crippen molar-refractivity contribution in [3.8, 4) is 0 Å². The summed E-state index contributed by atoms with van der Waals surface area (Å²) in [4.78, 5) is 31.8. The van der Waals surface area contributed by atoms with Crippen molar-refractivity contribution >= 4 is 5.91 Å². The van der Waals surface area contributed by atoms with Gasteiger partial charge in [-0.15, -0.1) is 0 Å². The molecule has 0 aromatic carbocycles. The fraction of sp³-hybridized carbons (Fsp3) is 0.750. The molecule has 1 aromatic rings. The zero-order chi connectivity index (χ0) is 18.3. The number of fused-ring (bicyclic) bond motifs is 1. The van der Waals surface area contributed by atoms with Crippen molar-refractivity contribution in [3.05, 3.63) is 27.9 Å². The second kappa shape index (κ2) is 6.80. The number of likely N-dealkylation sites (tertiary alicyclic amines) is 1. The lowest BCUT2D eigenvalue weighted by Crippen LogP contribution is -2.39. The Kier molecular flexibility index (Phi) is 4.63. The fourth-order valence-corrected chi connectivity index (χ4v) is 4.91. The van der Waals surface area contributed by atoms with Gasteiger partial charge in [0.1, 0.15) is 11.4 Å². The molecule has 0 bridgehead atoms. The van der Waals surface area contributed by atoms with E-state index in [1.165, 1.54) is 6.42 Å². The van der Waals surface area contributed by atoms with Crippen molar-refractivity contribution in [3.63, 3.8) is 0 Å². The highest BCUT2D eigenvalue weighted by molar-refractivity contribution is 5.93. The molecule has 2 fully saturated rings. The molecule has 1 N–H and O–H groups in total. The van der Waals surface area contributed by atoms with E-state index >= 15 is 0 Å². The van der Waals surface area contributed by atoms with Gasteiger partial charge < -0.3 is 14.8 Å². The van der Waals surface area contributed by atoms with Crippen LogP contribution in [0.5, 0.6) is 0 Å². The van der Waals surface area contributed by atoms with Crippen molar-refractivity contribution in [1.29, 1.82) is 0 Å². The maximum absolute atomic E-state index is 12.6. The van der Waals surface area contributed by atoms with Gasteiger partial charge in [0.2, 0.25) is 0 Å². The van der Waals surface area contributed by atoms with Crippen molar-refractivity contribution in [1.82, 2.24) is 19.8 Å². The minimum absolute atomic E-state index is 0.176. The monoisotopic (exact) mass is 358 g/mol. The summed E-state index contributed by atoms with van der Waals surface area (Å²) in [6.07, 6.45) is 9.31. The first-order valence-electron chi connectivity index (χ1n) is 10.1. The largest absolute Gasteiger partial charge is 0.349 e. The number of hydrogen-bond acceptors (Lipinski definition) is 4. The van der Waals surface area contributed by atoms with Crippen molar-refractivity contribution in [2.45, 2.75) is 77.4 Å².